The van der Waals surface area contributed by atoms with Gasteiger partial charge in [-0.25, -0.2) is 4.79 Å². The topological polar surface area (TPSA) is 59.3 Å². The first-order valence-corrected chi connectivity index (χ1v) is 10.6. The number of fused-ring (bicyclic) bond motifs is 1. The van der Waals surface area contributed by atoms with Gasteiger partial charge in [0.1, 0.15) is 0 Å². The lowest BCUT2D eigenvalue weighted by molar-refractivity contribution is 0.0994. The van der Waals surface area contributed by atoms with E-state index in [0.717, 1.165) is 40.8 Å². The number of amides is 1. The van der Waals surface area contributed by atoms with E-state index in [1.54, 1.807) is 12.1 Å². The Hall–Kier alpha value is -3.66. The largest absolute Gasteiger partial charge is 0.416 e. The molecule has 3 aromatic carbocycles. The Balaban J connectivity index is 1.92. The first-order chi connectivity index (χ1) is 15.0. The fourth-order valence-corrected chi connectivity index (χ4v) is 3.94. The average molecular weight is 412 g/mol. The van der Waals surface area contributed by atoms with E-state index in [1.807, 2.05) is 61.5 Å². The molecule has 0 saturated heterocycles. The molecule has 4 aromatic rings. The molecule has 0 bridgehead atoms. The molecule has 0 atom stereocenters. The third kappa shape index (κ3) is 3.89. The van der Waals surface area contributed by atoms with Gasteiger partial charge in [0, 0.05) is 16.6 Å². The first-order valence-electron chi connectivity index (χ1n) is 10.6. The monoisotopic (exact) mass is 411 g/mol. The van der Waals surface area contributed by atoms with E-state index in [4.69, 9.17) is 4.42 Å². The zero-order valence-electron chi connectivity index (χ0n) is 18.0. The maximum absolute atomic E-state index is 13.5. The van der Waals surface area contributed by atoms with Gasteiger partial charge >= 0.3 is 5.63 Å². The second-order valence-corrected chi connectivity index (χ2v) is 7.62. The van der Waals surface area contributed by atoms with Crippen LogP contribution < -0.4 is 10.9 Å². The van der Waals surface area contributed by atoms with Crippen molar-refractivity contribution in [3.8, 4) is 11.1 Å². The number of rotatable bonds is 5. The molecule has 0 aliphatic heterocycles. The van der Waals surface area contributed by atoms with Gasteiger partial charge in [-0.2, -0.15) is 0 Å². The van der Waals surface area contributed by atoms with Crippen molar-refractivity contribution >= 4 is 22.4 Å². The highest BCUT2D eigenvalue weighted by Crippen LogP contribution is 2.32. The zero-order chi connectivity index (χ0) is 22.0. The molecule has 1 N–H and O–H groups in total. The number of aryl methyl sites for hydroxylation is 3. The minimum atomic E-state index is -0.517. The predicted molar refractivity (Wildman–Crippen MR) is 126 cm³/mol. The molecule has 0 unspecified atom stereocenters. The van der Waals surface area contributed by atoms with Crippen molar-refractivity contribution in [2.75, 3.05) is 5.32 Å². The fraction of sp³-hybridized carbons (Fsp3) is 0.185. The number of benzene rings is 3. The Kier molecular flexibility index (Phi) is 5.72. The highest BCUT2D eigenvalue weighted by atomic mass is 16.4. The van der Waals surface area contributed by atoms with E-state index in [-0.39, 0.29) is 5.76 Å². The van der Waals surface area contributed by atoms with Crippen LogP contribution in [-0.2, 0) is 12.8 Å². The Bertz CT molecular complexity index is 1290. The summed E-state index contributed by atoms with van der Waals surface area (Å²) in [5.74, 6) is -0.394. The molecule has 1 aromatic heterocycles. The van der Waals surface area contributed by atoms with Gasteiger partial charge in [-0.05, 0) is 42.5 Å². The van der Waals surface area contributed by atoms with E-state index in [2.05, 4.69) is 19.2 Å². The standard InChI is InChI=1S/C27H25NO3/c1-4-18-9-8-10-19(5-2)24(18)28-26(29)25-23(20-15-13-17(3)14-16-20)21-11-6-7-12-22(21)27(30)31-25/h6-16H,4-5H2,1-3H3,(H,28,29). The predicted octanol–water partition coefficient (Wildman–Crippen LogP) is 6.15. The van der Waals surface area contributed by atoms with Gasteiger partial charge in [0.15, 0.2) is 0 Å². The van der Waals surface area contributed by atoms with E-state index < -0.39 is 11.5 Å². The van der Waals surface area contributed by atoms with Crippen LogP contribution in [0.1, 0.15) is 41.1 Å². The summed E-state index contributed by atoms with van der Waals surface area (Å²) in [5.41, 5.74) is 4.94. The van der Waals surface area contributed by atoms with Crippen molar-refractivity contribution in [2.45, 2.75) is 33.6 Å². The molecule has 1 amide bonds. The molecule has 0 aliphatic rings. The Morgan fingerprint density at radius 1 is 0.839 bits per heavy atom. The highest BCUT2D eigenvalue weighted by Gasteiger charge is 2.22. The SMILES string of the molecule is CCc1cccc(CC)c1NC(=O)c1oc(=O)c2ccccc2c1-c1ccc(C)cc1. The lowest BCUT2D eigenvalue weighted by Gasteiger charge is -2.16. The van der Waals surface area contributed by atoms with Crippen LogP contribution in [0.3, 0.4) is 0 Å². The molecule has 31 heavy (non-hydrogen) atoms. The van der Waals surface area contributed by atoms with Gasteiger partial charge in [-0.15, -0.1) is 0 Å². The summed E-state index contributed by atoms with van der Waals surface area (Å²) in [5, 5.41) is 4.20. The maximum atomic E-state index is 13.5. The van der Waals surface area contributed by atoms with E-state index in [9.17, 15) is 9.59 Å². The van der Waals surface area contributed by atoms with Gasteiger partial charge in [-0.3, -0.25) is 4.79 Å². The number of carbonyl (C=O) groups is 1. The fourth-order valence-electron chi connectivity index (χ4n) is 3.94. The van der Waals surface area contributed by atoms with Crippen molar-refractivity contribution in [2.24, 2.45) is 0 Å². The summed E-state index contributed by atoms with van der Waals surface area (Å²) in [6.45, 7) is 6.12. The normalized spacial score (nSPS) is 10.9. The van der Waals surface area contributed by atoms with Crippen LogP contribution in [0, 0.1) is 6.92 Å². The second-order valence-electron chi connectivity index (χ2n) is 7.62. The van der Waals surface area contributed by atoms with Crippen molar-refractivity contribution in [1.82, 2.24) is 0 Å². The summed E-state index contributed by atoms with van der Waals surface area (Å²) in [7, 11) is 0. The number of nitrogens with one attached hydrogen (secondary N) is 1. The van der Waals surface area contributed by atoms with Crippen LogP contribution in [0.5, 0.6) is 0 Å². The third-order valence-corrected chi connectivity index (χ3v) is 5.62. The van der Waals surface area contributed by atoms with Crippen LogP contribution in [0.4, 0.5) is 5.69 Å². The van der Waals surface area contributed by atoms with Crippen LogP contribution in [0.25, 0.3) is 21.9 Å². The van der Waals surface area contributed by atoms with Crippen LogP contribution in [0.2, 0.25) is 0 Å². The summed E-state index contributed by atoms with van der Waals surface area (Å²) in [6.07, 6.45) is 1.58. The molecule has 156 valence electrons. The smallest absolute Gasteiger partial charge is 0.344 e. The number of para-hydroxylation sites is 1. The van der Waals surface area contributed by atoms with Crippen molar-refractivity contribution < 1.29 is 9.21 Å². The number of carbonyl (C=O) groups excluding carboxylic acids is 1. The quantitative estimate of drug-likeness (QED) is 0.429. The summed E-state index contributed by atoms with van der Waals surface area (Å²) < 4.78 is 5.62. The van der Waals surface area contributed by atoms with E-state index >= 15 is 0 Å². The molecule has 0 radical (unpaired) electrons. The second kappa shape index (κ2) is 8.60. The maximum Gasteiger partial charge on any atom is 0.344 e. The van der Waals surface area contributed by atoms with E-state index in [0.29, 0.717) is 16.3 Å². The number of hydrogen-bond acceptors (Lipinski definition) is 3. The molecule has 1 heterocycles. The lowest BCUT2D eigenvalue weighted by Crippen LogP contribution is -2.18. The zero-order valence-corrected chi connectivity index (χ0v) is 18.0. The Morgan fingerprint density at radius 3 is 2.06 bits per heavy atom. The lowest BCUT2D eigenvalue weighted by atomic mass is 9.97. The summed E-state index contributed by atoms with van der Waals surface area (Å²) in [4.78, 5) is 26.2. The van der Waals surface area contributed by atoms with Crippen molar-refractivity contribution in [3.63, 3.8) is 0 Å². The highest BCUT2D eigenvalue weighted by molar-refractivity contribution is 6.12. The first kappa shape index (κ1) is 20.6. The molecule has 0 spiro atoms. The molecule has 4 nitrogen and oxygen atoms in total. The molecule has 0 saturated carbocycles. The van der Waals surface area contributed by atoms with Crippen LogP contribution >= 0.6 is 0 Å². The van der Waals surface area contributed by atoms with Crippen LogP contribution in [0.15, 0.2) is 75.9 Å². The summed E-state index contributed by atoms with van der Waals surface area (Å²) in [6, 6.07) is 21.1. The average Bonchev–Trinajstić information content (AvgIpc) is 2.80. The van der Waals surface area contributed by atoms with Crippen LogP contribution in [-0.4, -0.2) is 5.91 Å². The van der Waals surface area contributed by atoms with Crippen molar-refractivity contribution in [1.29, 1.82) is 0 Å². The van der Waals surface area contributed by atoms with Gasteiger partial charge in [-0.1, -0.05) is 80.1 Å². The molecular weight excluding hydrogens is 386 g/mol. The molecular formula is C27H25NO3. The van der Waals surface area contributed by atoms with Gasteiger partial charge < -0.3 is 9.73 Å². The number of anilines is 1. The molecule has 4 rings (SSSR count). The number of hydrogen-bond donors (Lipinski definition) is 1. The van der Waals surface area contributed by atoms with Crippen molar-refractivity contribution in [3.05, 3.63) is 99.6 Å². The molecule has 4 heteroatoms. The van der Waals surface area contributed by atoms with Gasteiger partial charge in [0.25, 0.3) is 5.91 Å². The van der Waals surface area contributed by atoms with E-state index in [1.165, 1.54) is 0 Å². The minimum Gasteiger partial charge on any atom is -0.416 e. The van der Waals surface area contributed by atoms with Gasteiger partial charge in [0.2, 0.25) is 5.76 Å². The summed E-state index contributed by atoms with van der Waals surface area (Å²) >= 11 is 0. The third-order valence-electron chi connectivity index (χ3n) is 5.62. The Labute approximate surface area is 181 Å². The molecule has 0 fully saturated rings. The Morgan fingerprint density at radius 2 is 1.45 bits per heavy atom. The molecule has 0 aliphatic carbocycles. The van der Waals surface area contributed by atoms with Gasteiger partial charge in [0.05, 0.1) is 5.39 Å². The minimum absolute atomic E-state index is 0.0283.